The summed E-state index contributed by atoms with van der Waals surface area (Å²) in [6.07, 6.45) is 4.48. The molecule has 1 amide bonds. The van der Waals surface area contributed by atoms with E-state index in [1.54, 1.807) is 7.11 Å². The molecular weight excluding hydrogens is 264 g/mol. The van der Waals surface area contributed by atoms with Crippen molar-refractivity contribution in [3.8, 4) is 0 Å². The summed E-state index contributed by atoms with van der Waals surface area (Å²) in [6.45, 7) is 1.51. The Balaban J connectivity index is 1.67. The van der Waals surface area contributed by atoms with Gasteiger partial charge in [0, 0.05) is 25.4 Å². The molecule has 1 aliphatic carbocycles. The second-order valence-corrected chi connectivity index (χ2v) is 6.09. The third-order valence-electron chi connectivity index (χ3n) is 4.46. The standard InChI is InChI=1S/C17H24N2O2/c1-21-12-16(13-9-10-13)18-15-8-5-11-19(17(15)20)14-6-3-2-4-7-14/h2-4,6-7,13,15-16,18H,5,8-12H2,1H3/t15-,16+/m0/s1. The van der Waals surface area contributed by atoms with E-state index in [4.69, 9.17) is 4.74 Å². The molecule has 0 radical (unpaired) electrons. The minimum absolute atomic E-state index is 0.0697. The van der Waals surface area contributed by atoms with Gasteiger partial charge in [-0.3, -0.25) is 4.79 Å². The van der Waals surface area contributed by atoms with E-state index in [-0.39, 0.29) is 11.9 Å². The quantitative estimate of drug-likeness (QED) is 0.872. The first kappa shape index (κ1) is 14.5. The van der Waals surface area contributed by atoms with Gasteiger partial charge in [-0.15, -0.1) is 0 Å². The number of methoxy groups -OCH3 is 1. The van der Waals surface area contributed by atoms with Crippen LogP contribution in [-0.2, 0) is 9.53 Å². The van der Waals surface area contributed by atoms with Gasteiger partial charge in [-0.2, -0.15) is 0 Å². The third kappa shape index (κ3) is 3.44. The smallest absolute Gasteiger partial charge is 0.244 e. The number of benzene rings is 1. The van der Waals surface area contributed by atoms with E-state index in [2.05, 4.69) is 5.32 Å². The molecule has 1 aliphatic heterocycles. The zero-order valence-corrected chi connectivity index (χ0v) is 12.6. The van der Waals surface area contributed by atoms with Crippen molar-refractivity contribution >= 4 is 11.6 Å². The highest BCUT2D eigenvalue weighted by Crippen LogP contribution is 2.33. The number of hydrogen-bond donors (Lipinski definition) is 1. The van der Waals surface area contributed by atoms with Crippen molar-refractivity contribution in [1.29, 1.82) is 0 Å². The van der Waals surface area contributed by atoms with Crippen molar-refractivity contribution in [2.24, 2.45) is 5.92 Å². The monoisotopic (exact) mass is 288 g/mol. The van der Waals surface area contributed by atoms with Crippen molar-refractivity contribution in [3.63, 3.8) is 0 Å². The third-order valence-corrected chi connectivity index (χ3v) is 4.46. The van der Waals surface area contributed by atoms with Gasteiger partial charge in [0.2, 0.25) is 5.91 Å². The molecule has 1 aromatic carbocycles. The lowest BCUT2D eigenvalue weighted by molar-refractivity contribution is -0.122. The minimum Gasteiger partial charge on any atom is -0.383 e. The van der Waals surface area contributed by atoms with Crippen molar-refractivity contribution in [3.05, 3.63) is 30.3 Å². The molecule has 4 nitrogen and oxygen atoms in total. The normalized spacial score (nSPS) is 24.1. The van der Waals surface area contributed by atoms with E-state index in [1.807, 2.05) is 35.2 Å². The highest BCUT2D eigenvalue weighted by Gasteiger charge is 2.36. The van der Waals surface area contributed by atoms with Gasteiger partial charge in [-0.05, 0) is 43.7 Å². The molecule has 0 spiro atoms. The maximum Gasteiger partial charge on any atom is 0.244 e. The molecule has 2 fully saturated rings. The van der Waals surface area contributed by atoms with Crippen molar-refractivity contribution in [1.82, 2.24) is 5.32 Å². The molecule has 2 atom stereocenters. The van der Waals surface area contributed by atoms with E-state index in [0.717, 1.165) is 25.1 Å². The number of ether oxygens (including phenoxy) is 1. The summed E-state index contributed by atoms with van der Waals surface area (Å²) >= 11 is 0. The molecule has 0 unspecified atom stereocenters. The van der Waals surface area contributed by atoms with Crippen LogP contribution in [0.4, 0.5) is 5.69 Å². The van der Waals surface area contributed by atoms with Gasteiger partial charge in [0.1, 0.15) is 0 Å². The number of hydrogen-bond acceptors (Lipinski definition) is 3. The van der Waals surface area contributed by atoms with Crippen LogP contribution in [0.15, 0.2) is 30.3 Å². The predicted octanol–water partition coefficient (Wildman–Crippen LogP) is 2.20. The number of rotatable bonds is 6. The Hall–Kier alpha value is -1.39. The number of piperidine rings is 1. The maximum atomic E-state index is 12.7. The van der Waals surface area contributed by atoms with E-state index in [9.17, 15) is 4.79 Å². The Morgan fingerprint density at radius 2 is 2.05 bits per heavy atom. The zero-order valence-electron chi connectivity index (χ0n) is 12.6. The van der Waals surface area contributed by atoms with Crippen LogP contribution in [0, 0.1) is 5.92 Å². The lowest BCUT2D eigenvalue weighted by atomic mass is 10.0. The summed E-state index contributed by atoms with van der Waals surface area (Å²) in [4.78, 5) is 14.6. The van der Waals surface area contributed by atoms with Gasteiger partial charge in [0.25, 0.3) is 0 Å². The number of carbonyl (C=O) groups excluding carboxylic acids is 1. The largest absolute Gasteiger partial charge is 0.383 e. The van der Waals surface area contributed by atoms with Crippen LogP contribution in [0.3, 0.4) is 0 Å². The van der Waals surface area contributed by atoms with E-state index < -0.39 is 0 Å². The minimum atomic E-state index is -0.0697. The summed E-state index contributed by atoms with van der Waals surface area (Å²) < 4.78 is 5.31. The molecule has 0 aromatic heterocycles. The van der Waals surface area contributed by atoms with E-state index >= 15 is 0 Å². The molecule has 3 rings (SSSR count). The van der Waals surface area contributed by atoms with Gasteiger partial charge in [-0.25, -0.2) is 0 Å². The number of anilines is 1. The molecule has 1 aromatic rings. The Kier molecular flexibility index (Phi) is 4.56. The Morgan fingerprint density at radius 3 is 2.71 bits per heavy atom. The zero-order chi connectivity index (χ0) is 14.7. The average molecular weight is 288 g/mol. The highest BCUT2D eigenvalue weighted by molar-refractivity contribution is 5.97. The first-order valence-corrected chi connectivity index (χ1v) is 7.91. The highest BCUT2D eigenvalue weighted by atomic mass is 16.5. The number of amides is 1. The summed E-state index contributed by atoms with van der Waals surface area (Å²) in [6, 6.07) is 10.2. The molecule has 114 valence electrons. The van der Waals surface area contributed by atoms with Crippen molar-refractivity contribution < 1.29 is 9.53 Å². The molecule has 1 saturated heterocycles. The fourth-order valence-corrected chi connectivity index (χ4v) is 3.15. The van der Waals surface area contributed by atoms with Crippen LogP contribution in [0.2, 0.25) is 0 Å². The van der Waals surface area contributed by atoms with Crippen LogP contribution in [0.5, 0.6) is 0 Å². The molecule has 1 N–H and O–H groups in total. The molecule has 1 heterocycles. The molecule has 4 heteroatoms. The first-order valence-electron chi connectivity index (χ1n) is 7.91. The number of nitrogens with zero attached hydrogens (tertiary/aromatic N) is 1. The predicted molar refractivity (Wildman–Crippen MR) is 83.3 cm³/mol. The van der Waals surface area contributed by atoms with Crippen molar-refractivity contribution in [2.45, 2.75) is 37.8 Å². The van der Waals surface area contributed by atoms with E-state index in [1.165, 1.54) is 12.8 Å². The second kappa shape index (κ2) is 6.58. The fourth-order valence-electron chi connectivity index (χ4n) is 3.15. The van der Waals surface area contributed by atoms with Gasteiger partial charge in [-0.1, -0.05) is 18.2 Å². The first-order chi connectivity index (χ1) is 10.3. The number of nitrogens with one attached hydrogen (secondary N) is 1. The number of carbonyl (C=O) groups is 1. The van der Waals surface area contributed by atoms with Gasteiger partial charge in [0.05, 0.1) is 12.6 Å². The van der Waals surface area contributed by atoms with Crippen LogP contribution < -0.4 is 10.2 Å². The lowest BCUT2D eigenvalue weighted by Crippen LogP contribution is -2.54. The van der Waals surface area contributed by atoms with Crippen LogP contribution in [-0.4, -0.2) is 38.3 Å². The molecule has 0 bridgehead atoms. The molecule has 21 heavy (non-hydrogen) atoms. The lowest BCUT2D eigenvalue weighted by Gasteiger charge is -2.34. The van der Waals surface area contributed by atoms with Crippen LogP contribution in [0.1, 0.15) is 25.7 Å². The van der Waals surface area contributed by atoms with Gasteiger partial charge >= 0.3 is 0 Å². The molecule has 1 saturated carbocycles. The average Bonchev–Trinajstić information content (AvgIpc) is 3.34. The summed E-state index contributed by atoms with van der Waals surface area (Å²) in [5, 5.41) is 3.55. The summed E-state index contributed by atoms with van der Waals surface area (Å²) in [5.41, 5.74) is 1.00. The number of para-hydroxylation sites is 1. The Morgan fingerprint density at radius 1 is 1.29 bits per heavy atom. The van der Waals surface area contributed by atoms with Gasteiger partial charge in [0.15, 0.2) is 0 Å². The summed E-state index contributed by atoms with van der Waals surface area (Å²) in [7, 11) is 1.73. The fraction of sp³-hybridized carbons (Fsp3) is 0.588. The SMILES string of the molecule is COC[C@@H](N[C@H]1CCCN(c2ccccc2)C1=O)C1CC1. The van der Waals surface area contributed by atoms with Crippen LogP contribution in [0.25, 0.3) is 0 Å². The summed E-state index contributed by atoms with van der Waals surface area (Å²) in [5.74, 6) is 0.888. The molecule has 2 aliphatic rings. The van der Waals surface area contributed by atoms with Crippen molar-refractivity contribution in [2.75, 3.05) is 25.2 Å². The van der Waals surface area contributed by atoms with Gasteiger partial charge < -0.3 is 15.0 Å². The Labute approximate surface area is 126 Å². The maximum absolute atomic E-state index is 12.7. The molecular formula is C17H24N2O2. The topological polar surface area (TPSA) is 41.6 Å². The second-order valence-electron chi connectivity index (χ2n) is 6.09. The van der Waals surface area contributed by atoms with E-state index in [0.29, 0.717) is 18.6 Å². The Bertz CT molecular complexity index is 473. The van der Waals surface area contributed by atoms with Crippen LogP contribution >= 0.6 is 0 Å².